The number of imidazole rings is 1. The molecule has 1 rings (SSSR count). The molecule has 1 aromatic heterocycles. The molecule has 6 nitrogen and oxygen atoms in total. The molecule has 0 aliphatic heterocycles. The lowest BCUT2D eigenvalue weighted by molar-refractivity contribution is -0.122. The molecule has 1 atom stereocenters. The molecule has 1 aromatic rings. The Bertz CT molecular complexity index is 392. The van der Waals surface area contributed by atoms with Gasteiger partial charge >= 0.3 is 0 Å². The van der Waals surface area contributed by atoms with Gasteiger partial charge in [-0.05, 0) is 19.9 Å². The molecule has 1 amide bonds. The van der Waals surface area contributed by atoms with Crippen LogP contribution in [0.5, 0.6) is 0 Å². The summed E-state index contributed by atoms with van der Waals surface area (Å²) in [6, 6.07) is 0.0220. The molecular weight excluding hydrogens is 256 g/mol. The average Bonchev–Trinajstić information content (AvgIpc) is 2.82. The van der Waals surface area contributed by atoms with Gasteiger partial charge in [-0.2, -0.15) is 0 Å². The number of carbonyl (C=O) groups is 1. The first-order valence-corrected chi connectivity index (χ1v) is 7.15. The van der Waals surface area contributed by atoms with Gasteiger partial charge in [0.2, 0.25) is 5.91 Å². The van der Waals surface area contributed by atoms with Crippen LogP contribution < -0.4 is 10.6 Å². The molecular formula is C14H26N4O2. The molecule has 0 bridgehead atoms. The van der Waals surface area contributed by atoms with Gasteiger partial charge in [0, 0.05) is 32.3 Å². The Morgan fingerprint density at radius 1 is 1.50 bits per heavy atom. The predicted molar refractivity (Wildman–Crippen MR) is 78.6 cm³/mol. The number of nitrogens with zero attached hydrogens (tertiary/aromatic N) is 2. The average molecular weight is 282 g/mol. The van der Waals surface area contributed by atoms with E-state index in [2.05, 4.69) is 22.5 Å². The van der Waals surface area contributed by atoms with E-state index in [0.717, 1.165) is 31.6 Å². The van der Waals surface area contributed by atoms with Gasteiger partial charge in [0.25, 0.3) is 0 Å². The van der Waals surface area contributed by atoms with Crippen molar-refractivity contribution in [1.29, 1.82) is 0 Å². The van der Waals surface area contributed by atoms with Gasteiger partial charge in [0.05, 0.1) is 18.6 Å². The number of nitrogens with one attached hydrogen (secondary N) is 2. The maximum Gasteiger partial charge on any atom is 0.240 e. The van der Waals surface area contributed by atoms with E-state index in [1.54, 1.807) is 13.4 Å². The van der Waals surface area contributed by atoms with Crippen LogP contribution in [0.25, 0.3) is 0 Å². The second kappa shape index (κ2) is 9.50. The van der Waals surface area contributed by atoms with Gasteiger partial charge in [-0.3, -0.25) is 4.79 Å². The van der Waals surface area contributed by atoms with Crippen LogP contribution in [0.3, 0.4) is 0 Å². The number of rotatable bonds is 10. The van der Waals surface area contributed by atoms with Crippen molar-refractivity contribution in [2.24, 2.45) is 0 Å². The van der Waals surface area contributed by atoms with Crippen LogP contribution in [-0.2, 0) is 22.5 Å². The van der Waals surface area contributed by atoms with Gasteiger partial charge in [0.15, 0.2) is 0 Å². The fraction of sp³-hybridized carbons (Fsp3) is 0.714. The highest BCUT2D eigenvalue weighted by Gasteiger charge is 2.08. The third-order valence-corrected chi connectivity index (χ3v) is 2.82. The number of hydrogen-bond acceptors (Lipinski definition) is 4. The van der Waals surface area contributed by atoms with Crippen LogP contribution in [0, 0.1) is 0 Å². The van der Waals surface area contributed by atoms with Crippen LogP contribution >= 0.6 is 0 Å². The van der Waals surface area contributed by atoms with E-state index >= 15 is 0 Å². The highest BCUT2D eigenvalue weighted by atomic mass is 16.5. The van der Waals surface area contributed by atoms with Crippen molar-refractivity contribution in [3.05, 3.63) is 18.2 Å². The monoisotopic (exact) mass is 282 g/mol. The smallest absolute Gasteiger partial charge is 0.240 e. The number of amides is 1. The maximum absolute atomic E-state index is 11.8. The van der Waals surface area contributed by atoms with E-state index in [4.69, 9.17) is 4.74 Å². The standard InChI is InChI=1S/C14H26N4O2/c1-4-6-15-7-5-13-8-18(11-16-13)9-14(19)17-12(2)10-20-3/h8,11-12,15H,4-7,9-10H2,1-3H3,(H,17,19). The van der Waals surface area contributed by atoms with Crippen LogP contribution in [0.15, 0.2) is 12.5 Å². The lowest BCUT2D eigenvalue weighted by Crippen LogP contribution is -2.37. The Morgan fingerprint density at radius 2 is 2.30 bits per heavy atom. The van der Waals surface area contributed by atoms with Gasteiger partial charge in [-0.1, -0.05) is 6.92 Å². The van der Waals surface area contributed by atoms with E-state index in [-0.39, 0.29) is 11.9 Å². The molecule has 20 heavy (non-hydrogen) atoms. The summed E-state index contributed by atoms with van der Waals surface area (Å²) < 4.78 is 6.79. The highest BCUT2D eigenvalue weighted by molar-refractivity contribution is 5.76. The highest BCUT2D eigenvalue weighted by Crippen LogP contribution is 1.97. The largest absolute Gasteiger partial charge is 0.383 e. The molecule has 2 N–H and O–H groups in total. The molecule has 0 spiro atoms. The molecule has 0 radical (unpaired) electrons. The zero-order valence-corrected chi connectivity index (χ0v) is 12.7. The van der Waals surface area contributed by atoms with Crippen LogP contribution in [0.1, 0.15) is 26.0 Å². The molecule has 0 aromatic carbocycles. The van der Waals surface area contributed by atoms with E-state index < -0.39 is 0 Å². The van der Waals surface area contributed by atoms with Crippen molar-refractivity contribution in [2.75, 3.05) is 26.8 Å². The lowest BCUT2D eigenvalue weighted by Gasteiger charge is -2.12. The number of hydrogen-bond donors (Lipinski definition) is 2. The zero-order valence-electron chi connectivity index (χ0n) is 12.7. The van der Waals surface area contributed by atoms with Crippen molar-refractivity contribution in [2.45, 2.75) is 39.3 Å². The Kier molecular flexibility index (Phi) is 7.91. The van der Waals surface area contributed by atoms with E-state index in [9.17, 15) is 4.79 Å². The van der Waals surface area contributed by atoms with Crippen molar-refractivity contribution in [3.63, 3.8) is 0 Å². The van der Waals surface area contributed by atoms with Gasteiger partial charge in [0.1, 0.15) is 6.54 Å². The van der Waals surface area contributed by atoms with Gasteiger partial charge < -0.3 is 19.9 Å². The second-order valence-corrected chi connectivity index (χ2v) is 4.96. The SMILES string of the molecule is CCCNCCc1cn(CC(=O)NC(C)COC)cn1. The number of ether oxygens (including phenoxy) is 1. The summed E-state index contributed by atoms with van der Waals surface area (Å²) in [5, 5.41) is 6.20. The van der Waals surface area contributed by atoms with E-state index in [1.807, 2.05) is 17.7 Å². The summed E-state index contributed by atoms with van der Waals surface area (Å²) in [5.41, 5.74) is 1.01. The van der Waals surface area contributed by atoms with Crippen LogP contribution in [-0.4, -0.2) is 48.3 Å². The first kappa shape index (κ1) is 16.7. The Labute approximate surface area is 120 Å². The summed E-state index contributed by atoms with van der Waals surface area (Å²) in [5.74, 6) is -0.0254. The Morgan fingerprint density at radius 3 is 3.00 bits per heavy atom. The molecule has 0 fully saturated rings. The van der Waals surface area contributed by atoms with Crippen molar-refractivity contribution in [3.8, 4) is 0 Å². The summed E-state index contributed by atoms with van der Waals surface area (Å²) in [6.45, 7) is 6.82. The minimum Gasteiger partial charge on any atom is -0.383 e. The summed E-state index contributed by atoms with van der Waals surface area (Å²) in [4.78, 5) is 16.1. The van der Waals surface area contributed by atoms with Gasteiger partial charge in [-0.15, -0.1) is 0 Å². The summed E-state index contributed by atoms with van der Waals surface area (Å²) in [7, 11) is 1.62. The molecule has 0 saturated heterocycles. The van der Waals surface area contributed by atoms with Gasteiger partial charge in [-0.25, -0.2) is 4.98 Å². The van der Waals surface area contributed by atoms with Crippen molar-refractivity contribution < 1.29 is 9.53 Å². The number of methoxy groups -OCH3 is 1. The number of aromatic nitrogens is 2. The molecule has 0 aliphatic rings. The molecule has 6 heteroatoms. The molecule has 114 valence electrons. The predicted octanol–water partition coefficient (Wildman–Crippen LogP) is 0.576. The molecule has 1 unspecified atom stereocenters. The first-order chi connectivity index (χ1) is 9.65. The fourth-order valence-electron chi connectivity index (χ4n) is 1.92. The second-order valence-electron chi connectivity index (χ2n) is 4.96. The van der Waals surface area contributed by atoms with E-state index in [0.29, 0.717) is 13.2 Å². The quantitative estimate of drug-likeness (QED) is 0.616. The summed E-state index contributed by atoms with van der Waals surface area (Å²) >= 11 is 0. The van der Waals surface area contributed by atoms with Crippen molar-refractivity contribution in [1.82, 2.24) is 20.2 Å². The fourth-order valence-corrected chi connectivity index (χ4v) is 1.92. The Balaban J connectivity index is 2.30. The molecule has 1 heterocycles. The number of carbonyl (C=O) groups excluding carboxylic acids is 1. The third kappa shape index (κ3) is 6.68. The Hall–Kier alpha value is -1.40. The minimum absolute atomic E-state index is 0.0220. The molecule has 0 aliphatic carbocycles. The summed E-state index contributed by atoms with van der Waals surface area (Å²) in [6.07, 6.45) is 5.65. The van der Waals surface area contributed by atoms with Crippen LogP contribution in [0.4, 0.5) is 0 Å². The van der Waals surface area contributed by atoms with Crippen molar-refractivity contribution >= 4 is 5.91 Å². The minimum atomic E-state index is -0.0254. The van der Waals surface area contributed by atoms with E-state index in [1.165, 1.54) is 0 Å². The first-order valence-electron chi connectivity index (χ1n) is 7.15. The maximum atomic E-state index is 11.8. The third-order valence-electron chi connectivity index (χ3n) is 2.82. The molecule has 0 saturated carbocycles. The zero-order chi connectivity index (χ0) is 14.8. The lowest BCUT2D eigenvalue weighted by atomic mass is 10.3. The van der Waals surface area contributed by atoms with Crippen LogP contribution in [0.2, 0.25) is 0 Å². The topological polar surface area (TPSA) is 68.2 Å². The normalized spacial score (nSPS) is 12.3.